The van der Waals surface area contributed by atoms with Crippen molar-refractivity contribution < 1.29 is 4.42 Å². The molecule has 12 rings (SSSR count). The summed E-state index contributed by atoms with van der Waals surface area (Å²) in [5, 5.41) is 10.9. The van der Waals surface area contributed by atoms with Crippen LogP contribution in [-0.2, 0) is 0 Å². The molecule has 0 saturated heterocycles. The summed E-state index contributed by atoms with van der Waals surface area (Å²) in [6.45, 7) is 0. The maximum atomic E-state index is 6.48. The smallest absolute Gasteiger partial charge is 0.180 e. The Bertz CT molecular complexity index is 3540. The topological polar surface area (TPSA) is 38.9 Å². The summed E-state index contributed by atoms with van der Waals surface area (Å²) >= 11 is 1.86. The molecule has 12 aromatic rings. The minimum atomic E-state index is 0.661. The molecule has 3 aromatic heterocycles. The van der Waals surface area contributed by atoms with E-state index in [-0.39, 0.29) is 0 Å². The highest BCUT2D eigenvalue weighted by atomic mass is 32.1. The van der Waals surface area contributed by atoms with Crippen LogP contribution in [0.3, 0.4) is 0 Å². The number of hydrogen-bond donors (Lipinski definition) is 0. The highest BCUT2D eigenvalue weighted by molar-refractivity contribution is 7.25. The van der Waals surface area contributed by atoms with Crippen molar-refractivity contribution in [3.8, 4) is 44.9 Å². The molecule has 0 fully saturated rings. The molecule has 56 heavy (non-hydrogen) atoms. The second-order valence-electron chi connectivity index (χ2n) is 14.4. The summed E-state index contributed by atoms with van der Waals surface area (Å²) in [7, 11) is 0. The number of rotatable bonds is 4. The number of aromatic nitrogens is 2. The van der Waals surface area contributed by atoms with E-state index in [4.69, 9.17) is 14.4 Å². The molecule has 0 aliphatic heterocycles. The average molecular weight is 731 g/mol. The fraction of sp³-hybridized carbons (Fsp3) is 0. The van der Waals surface area contributed by atoms with E-state index in [1.54, 1.807) is 0 Å². The van der Waals surface area contributed by atoms with Gasteiger partial charge in [-0.2, -0.15) is 0 Å². The number of para-hydroxylation sites is 1. The third-order valence-corrected chi connectivity index (χ3v) is 12.4. The maximum absolute atomic E-state index is 6.48. The van der Waals surface area contributed by atoms with Crippen LogP contribution in [0.4, 0.5) is 0 Å². The maximum Gasteiger partial charge on any atom is 0.180 e. The Morgan fingerprint density at radius 2 is 0.982 bits per heavy atom. The summed E-state index contributed by atoms with van der Waals surface area (Å²) in [4.78, 5) is 10.7. The first-order valence-electron chi connectivity index (χ1n) is 18.9. The van der Waals surface area contributed by atoms with Gasteiger partial charge < -0.3 is 4.42 Å². The Morgan fingerprint density at radius 1 is 0.375 bits per heavy atom. The Morgan fingerprint density at radius 3 is 1.80 bits per heavy atom. The number of nitrogens with zero attached hydrogens (tertiary/aromatic N) is 2. The molecular weight excluding hydrogens is 701 g/mol. The minimum Gasteiger partial charge on any atom is -0.452 e. The summed E-state index contributed by atoms with van der Waals surface area (Å²) in [6.07, 6.45) is 0. The highest BCUT2D eigenvalue weighted by Crippen LogP contribution is 2.45. The molecule has 0 bridgehead atoms. The number of fused-ring (bicyclic) bond motifs is 12. The van der Waals surface area contributed by atoms with Crippen LogP contribution in [0.5, 0.6) is 0 Å². The monoisotopic (exact) mass is 730 g/mol. The largest absolute Gasteiger partial charge is 0.452 e. The molecular formula is C52H30N2OS. The quantitative estimate of drug-likeness (QED) is 0.169. The van der Waals surface area contributed by atoms with Gasteiger partial charge in [-0.3, -0.25) is 0 Å². The Balaban J connectivity index is 1.18. The van der Waals surface area contributed by atoms with Crippen molar-refractivity contribution in [2.24, 2.45) is 0 Å². The standard InChI is InChI=1S/C52H30N2OS/c1-2-14-31(15-3-1)49-51-50(40-22-8-10-25-44(40)55-51)54-52(53-49)34-29-42(47-39-21-7-6-19-37(39)36-18-4-5-20-38(36)43(47)30-34)33-17-12-16-32(28-33)35-24-13-27-46-48(35)41-23-9-11-26-45(41)56-46/h1-30H. The van der Waals surface area contributed by atoms with Crippen LogP contribution in [-0.4, -0.2) is 9.97 Å². The zero-order valence-corrected chi connectivity index (χ0v) is 30.8. The molecule has 0 amide bonds. The molecule has 0 unspecified atom stereocenters. The third-order valence-electron chi connectivity index (χ3n) is 11.3. The van der Waals surface area contributed by atoms with Crippen LogP contribution in [0.15, 0.2) is 186 Å². The second-order valence-corrected chi connectivity index (χ2v) is 15.5. The van der Waals surface area contributed by atoms with Crippen molar-refractivity contribution in [1.82, 2.24) is 9.97 Å². The van der Waals surface area contributed by atoms with Crippen molar-refractivity contribution in [1.29, 1.82) is 0 Å². The third kappa shape index (κ3) is 4.70. The summed E-state index contributed by atoms with van der Waals surface area (Å²) in [5.74, 6) is 0.661. The van der Waals surface area contributed by atoms with Crippen molar-refractivity contribution >= 4 is 85.9 Å². The van der Waals surface area contributed by atoms with E-state index in [1.165, 1.54) is 63.6 Å². The Hall–Kier alpha value is -7.14. The predicted octanol–water partition coefficient (Wildman–Crippen LogP) is 14.9. The van der Waals surface area contributed by atoms with Gasteiger partial charge in [-0.05, 0) is 97.0 Å². The van der Waals surface area contributed by atoms with Gasteiger partial charge in [0.15, 0.2) is 11.4 Å². The summed E-state index contributed by atoms with van der Waals surface area (Å²) in [5.41, 5.74) is 9.75. The van der Waals surface area contributed by atoms with E-state index in [0.29, 0.717) is 11.4 Å². The first-order chi connectivity index (χ1) is 27.8. The van der Waals surface area contributed by atoms with Gasteiger partial charge in [0.05, 0.1) is 0 Å². The van der Waals surface area contributed by atoms with E-state index in [9.17, 15) is 0 Å². The van der Waals surface area contributed by atoms with Gasteiger partial charge >= 0.3 is 0 Å². The van der Waals surface area contributed by atoms with Crippen molar-refractivity contribution in [2.45, 2.75) is 0 Å². The Labute approximate surface area is 325 Å². The van der Waals surface area contributed by atoms with Crippen LogP contribution in [0.25, 0.3) is 119 Å². The van der Waals surface area contributed by atoms with E-state index in [1.807, 2.05) is 47.7 Å². The van der Waals surface area contributed by atoms with Gasteiger partial charge in [0, 0.05) is 36.7 Å². The molecule has 0 radical (unpaired) electrons. The first kappa shape index (κ1) is 31.2. The lowest BCUT2D eigenvalue weighted by Gasteiger charge is -2.17. The summed E-state index contributed by atoms with van der Waals surface area (Å²) in [6, 6.07) is 65.1. The molecule has 0 aliphatic carbocycles. The lowest BCUT2D eigenvalue weighted by Crippen LogP contribution is -1.96. The highest BCUT2D eigenvalue weighted by Gasteiger charge is 2.21. The first-order valence-corrected chi connectivity index (χ1v) is 19.7. The van der Waals surface area contributed by atoms with Crippen molar-refractivity contribution in [3.05, 3.63) is 182 Å². The SMILES string of the molecule is c1ccc(-c2nc(-c3cc(-c4cccc(-c5cccc6sc7ccccc7c56)c4)c4c5ccccc5c5ccccc5c4c3)nc3c2oc2ccccc23)cc1. The normalized spacial score (nSPS) is 11.9. The zero-order chi connectivity index (χ0) is 36.7. The lowest BCUT2D eigenvalue weighted by molar-refractivity contribution is 0.667. The van der Waals surface area contributed by atoms with E-state index < -0.39 is 0 Å². The molecule has 4 heteroatoms. The van der Waals surface area contributed by atoms with Gasteiger partial charge in [0.25, 0.3) is 0 Å². The molecule has 3 heterocycles. The molecule has 0 saturated carbocycles. The van der Waals surface area contributed by atoms with Gasteiger partial charge in [-0.25, -0.2) is 9.97 Å². The van der Waals surface area contributed by atoms with E-state index in [2.05, 4.69) is 146 Å². The van der Waals surface area contributed by atoms with Crippen molar-refractivity contribution in [2.75, 3.05) is 0 Å². The average Bonchev–Trinajstić information content (AvgIpc) is 3.85. The van der Waals surface area contributed by atoms with Crippen LogP contribution in [0.2, 0.25) is 0 Å². The fourth-order valence-corrected chi connectivity index (χ4v) is 9.90. The number of benzene rings is 9. The molecule has 0 atom stereocenters. The van der Waals surface area contributed by atoms with Crippen LogP contribution >= 0.6 is 11.3 Å². The number of furan rings is 1. The molecule has 0 N–H and O–H groups in total. The minimum absolute atomic E-state index is 0.661. The van der Waals surface area contributed by atoms with Crippen molar-refractivity contribution in [3.63, 3.8) is 0 Å². The number of hydrogen-bond acceptors (Lipinski definition) is 4. The second kappa shape index (κ2) is 12.2. The van der Waals surface area contributed by atoms with Gasteiger partial charge in [0.2, 0.25) is 0 Å². The molecule has 0 spiro atoms. The molecule has 9 aromatic carbocycles. The van der Waals surface area contributed by atoms with Crippen LogP contribution in [0, 0.1) is 0 Å². The van der Waals surface area contributed by atoms with E-state index in [0.717, 1.165) is 44.4 Å². The predicted molar refractivity (Wildman–Crippen MR) is 236 cm³/mol. The molecule has 260 valence electrons. The van der Waals surface area contributed by atoms with Gasteiger partial charge in [-0.15, -0.1) is 11.3 Å². The zero-order valence-electron chi connectivity index (χ0n) is 30.0. The van der Waals surface area contributed by atoms with Gasteiger partial charge in [-0.1, -0.05) is 140 Å². The van der Waals surface area contributed by atoms with E-state index >= 15 is 0 Å². The summed E-state index contributed by atoms with van der Waals surface area (Å²) < 4.78 is 9.08. The van der Waals surface area contributed by atoms with Gasteiger partial charge in [0.1, 0.15) is 16.8 Å². The van der Waals surface area contributed by atoms with Crippen LogP contribution in [0.1, 0.15) is 0 Å². The Kier molecular flexibility index (Phi) is 6.80. The molecule has 0 aliphatic rings. The number of thiophene rings is 1. The van der Waals surface area contributed by atoms with Crippen LogP contribution < -0.4 is 0 Å². The lowest BCUT2D eigenvalue weighted by atomic mass is 9.87. The molecule has 3 nitrogen and oxygen atoms in total. The fourth-order valence-electron chi connectivity index (χ4n) is 8.77.